The van der Waals surface area contributed by atoms with Crippen LogP contribution in [0.4, 0.5) is 4.79 Å². The summed E-state index contributed by atoms with van der Waals surface area (Å²) in [7, 11) is 0. The van der Waals surface area contributed by atoms with E-state index < -0.39 is 0 Å². The molecule has 0 spiro atoms. The summed E-state index contributed by atoms with van der Waals surface area (Å²) in [6.45, 7) is 6.67. The zero-order chi connectivity index (χ0) is 12.0. The fourth-order valence-corrected chi connectivity index (χ4v) is 1.28. The molecular formula is C12H18N2O2. The molecule has 0 saturated heterocycles. The summed E-state index contributed by atoms with van der Waals surface area (Å²) < 4.78 is 5.46. The van der Waals surface area contributed by atoms with E-state index in [0.717, 1.165) is 11.3 Å². The van der Waals surface area contributed by atoms with Gasteiger partial charge in [-0.05, 0) is 38.0 Å². The van der Waals surface area contributed by atoms with E-state index in [1.165, 1.54) is 5.56 Å². The monoisotopic (exact) mass is 222 g/mol. The highest BCUT2D eigenvalue weighted by Crippen LogP contribution is 2.19. The van der Waals surface area contributed by atoms with Crippen molar-refractivity contribution in [3.8, 4) is 5.75 Å². The first-order chi connectivity index (χ1) is 7.65. The summed E-state index contributed by atoms with van der Waals surface area (Å²) in [4.78, 5) is 11.1. The maximum atomic E-state index is 11.1. The Balaban J connectivity index is 2.43. The van der Waals surface area contributed by atoms with Crippen molar-refractivity contribution in [1.82, 2.24) is 10.6 Å². The molecule has 88 valence electrons. The van der Waals surface area contributed by atoms with Crippen molar-refractivity contribution in [2.45, 2.75) is 20.8 Å². The molecule has 0 saturated carbocycles. The third kappa shape index (κ3) is 3.46. The van der Waals surface area contributed by atoms with Crippen LogP contribution in [-0.4, -0.2) is 19.3 Å². The highest BCUT2D eigenvalue weighted by atomic mass is 16.5. The SMILES string of the molecule is CCNC(=O)NCOc1cccc(C)c1C. The van der Waals surface area contributed by atoms with Crippen LogP contribution in [0, 0.1) is 13.8 Å². The average Bonchev–Trinajstić information content (AvgIpc) is 2.25. The van der Waals surface area contributed by atoms with E-state index in [4.69, 9.17) is 4.74 Å². The molecule has 0 aliphatic carbocycles. The van der Waals surface area contributed by atoms with E-state index in [-0.39, 0.29) is 12.8 Å². The van der Waals surface area contributed by atoms with Crippen molar-refractivity contribution in [1.29, 1.82) is 0 Å². The number of urea groups is 1. The average molecular weight is 222 g/mol. The zero-order valence-electron chi connectivity index (χ0n) is 9.96. The van der Waals surface area contributed by atoms with Gasteiger partial charge in [0.15, 0.2) is 6.73 Å². The molecule has 1 aromatic carbocycles. The molecule has 0 radical (unpaired) electrons. The summed E-state index contributed by atoms with van der Waals surface area (Å²) in [6, 6.07) is 5.64. The van der Waals surface area contributed by atoms with E-state index in [1.54, 1.807) is 0 Å². The minimum Gasteiger partial charge on any atom is -0.473 e. The van der Waals surface area contributed by atoms with Crippen LogP contribution in [-0.2, 0) is 0 Å². The molecular weight excluding hydrogens is 204 g/mol. The second-order valence-corrected chi connectivity index (χ2v) is 3.52. The predicted octanol–water partition coefficient (Wildman–Crippen LogP) is 1.96. The number of aryl methyl sites for hydroxylation is 1. The van der Waals surface area contributed by atoms with Crippen molar-refractivity contribution in [2.75, 3.05) is 13.3 Å². The number of carbonyl (C=O) groups is 1. The Hall–Kier alpha value is -1.71. The van der Waals surface area contributed by atoms with Crippen molar-refractivity contribution in [2.24, 2.45) is 0 Å². The molecule has 0 aromatic heterocycles. The lowest BCUT2D eigenvalue weighted by atomic mass is 10.1. The Morgan fingerprint density at radius 1 is 1.31 bits per heavy atom. The van der Waals surface area contributed by atoms with Gasteiger partial charge in [0.2, 0.25) is 0 Å². The maximum Gasteiger partial charge on any atom is 0.317 e. The summed E-state index contributed by atoms with van der Waals surface area (Å²) in [5.41, 5.74) is 2.27. The standard InChI is InChI=1S/C12H18N2O2/c1-4-13-12(15)14-8-16-11-7-5-6-9(2)10(11)3/h5-7H,4,8H2,1-3H3,(H2,13,14,15). The van der Waals surface area contributed by atoms with Crippen molar-refractivity contribution in [3.63, 3.8) is 0 Å². The van der Waals surface area contributed by atoms with Gasteiger partial charge in [-0.25, -0.2) is 4.79 Å². The summed E-state index contributed by atoms with van der Waals surface area (Å²) in [5, 5.41) is 5.23. The lowest BCUT2D eigenvalue weighted by Crippen LogP contribution is -2.37. The number of amides is 2. The lowest BCUT2D eigenvalue weighted by Gasteiger charge is -2.11. The van der Waals surface area contributed by atoms with Gasteiger partial charge in [-0.1, -0.05) is 12.1 Å². The molecule has 4 heteroatoms. The number of ether oxygens (including phenoxy) is 1. The Morgan fingerprint density at radius 2 is 2.06 bits per heavy atom. The molecule has 1 aromatic rings. The number of benzene rings is 1. The van der Waals surface area contributed by atoms with Gasteiger partial charge in [0.1, 0.15) is 5.75 Å². The van der Waals surface area contributed by atoms with Gasteiger partial charge >= 0.3 is 6.03 Å². The molecule has 0 aliphatic rings. The van der Waals surface area contributed by atoms with Crippen LogP contribution in [0.1, 0.15) is 18.1 Å². The smallest absolute Gasteiger partial charge is 0.317 e. The van der Waals surface area contributed by atoms with Gasteiger partial charge in [0, 0.05) is 6.54 Å². The van der Waals surface area contributed by atoms with Crippen molar-refractivity contribution < 1.29 is 9.53 Å². The minimum atomic E-state index is -0.215. The molecule has 2 amide bonds. The third-order valence-corrected chi connectivity index (χ3v) is 2.35. The highest BCUT2D eigenvalue weighted by molar-refractivity contribution is 5.73. The zero-order valence-corrected chi connectivity index (χ0v) is 9.96. The first-order valence-electron chi connectivity index (χ1n) is 5.36. The Bertz CT molecular complexity index is 364. The fourth-order valence-electron chi connectivity index (χ4n) is 1.28. The number of nitrogens with one attached hydrogen (secondary N) is 2. The van der Waals surface area contributed by atoms with Gasteiger partial charge in [-0.15, -0.1) is 0 Å². The van der Waals surface area contributed by atoms with Crippen LogP contribution in [0.15, 0.2) is 18.2 Å². The van der Waals surface area contributed by atoms with Gasteiger partial charge in [-0.2, -0.15) is 0 Å². The molecule has 1 rings (SSSR count). The molecule has 0 aliphatic heterocycles. The molecule has 0 bridgehead atoms. The van der Waals surface area contributed by atoms with Gasteiger partial charge in [0.25, 0.3) is 0 Å². The second-order valence-electron chi connectivity index (χ2n) is 3.52. The van der Waals surface area contributed by atoms with Crippen LogP contribution in [0.5, 0.6) is 5.75 Å². The summed E-state index contributed by atoms with van der Waals surface area (Å²) in [5.74, 6) is 0.803. The fraction of sp³-hybridized carbons (Fsp3) is 0.417. The lowest BCUT2D eigenvalue weighted by molar-refractivity contribution is 0.224. The quantitative estimate of drug-likeness (QED) is 0.765. The van der Waals surface area contributed by atoms with Crippen LogP contribution < -0.4 is 15.4 Å². The molecule has 0 unspecified atom stereocenters. The third-order valence-electron chi connectivity index (χ3n) is 2.35. The first kappa shape index (κ1) is 12.4. The molecule has 0 atom stereocenters. The first-order valence-corrected chi connectivity index (χ1v) is 5.36. The van der Waals surface area contributed by atoms with Crippen molar-refractivity contribution in [3.05, 3.63) is 29.3 Å². The van der Waals surface area contributed by atoms with Crippen LogP contribution in [0.2, 0.25) is 0 Å². The largest absolute Gasteiger partial charge is 0.473 e. The van der Waals surface area contributed by atoms with E-state index in [0.29, 0.717) is 6.54 Å². The van der Waals surface area contributed by atoms with Gasteiger partial charge < -0.3 is 15.4 Å². The number of hydrogen-bond acceptors (Lipinski definition) is 2. The topological polar surface area (TPSA) is 50.4 Å². The van der Waals surface area contributed by atoms with Crippen molar-refractivity contribution >= 4 is 6.03 Å². The van der Waals surface area contributed by atoms with E-state index in [9.17, 15) is 4.79 Å². The maximum absolute atomic E-state index is 11.1. The molecule has 16 heavy (non-hydrogen) atoms. The second kappa shape index (κ2) is 6.00. The Kier molecular flexibility index (Phi) is 4.64. The van der Waals surface area contributed by atoms with Crippen LogP contribution >= 0.6 is 0 Å². The summed E-state index contributed by atoms with van der Waals surface area (Å²) >= 11 is 0. The highest BCUT2D eigenvalue weighted by Gasteiger charge is 2.02. The minimum absolute atomic E-state index is 0.177. The van der Waals surface area contributed by atoms with Crippen LogP contribution in [0.3, 0.4) is 0 Å². The summed E-state index contributed by atoms with van der Waals surface area (Å²) in [6.07, 6.45) is 0. The Morgan fingerprint density at radius 3 is 2.75 bits per heavy atom. The molecule has 0 heterocycles. The number of rotatable bonds is 4. The molecule has 4 nitrogen and oxygen atoms in total. The van der Waals surface area contributed by atoms with Crippen LogP contribution in [0.25, 0.3) is 0 Å². The Labute approximate surface area is 96.0 Å². The number of carbonyl (C=O) groups excluding carboxylic acids is 1. The normalized spacial score (nSPS) is 9.69. The van der Waals surface area contributed by atoms with Gasteiger partial charge in [-0.3, -0.25) is 0 Å². The molecule has 0 fully saturated rings. The predicted molar refractivity (Wildman–Crippen MR) is 63.6 cm³/mol. The van der Waals surface area contributed by atoms with Gasteiger partial charge in [0.05, 0.1) is 0 Å². The molecule has 2 N–H and O–H groups in total. The number of hydrogen-bond donors (Lipinski definition) is 2. The van der Waals surface area contributed by atoms with E-state index >= 15 is 0 Å². The van der Waals surface area contributed by atoms with E-state index in [1.807, 2.05) is 39.0 Å². The van der Waals surface area contributed by atoms with E-state index in [2.05, 4.69) is 10.6 Å².